The third-order valence-corrected chi connectivity index (χ3v) is 6.57. The Labute approximate surface area is 237 Å². The number of hydrazone groups is 1. The number of aromatic amines is 1. The number of halogens is 4. The highest BCUT2D eigenvalue weighted by molar-refractivity contribution is 6.34. The molecule has 0 saturated heterocycles. The summed E-state index contributed by atoms with van der Waals surface area (Å²) in [5, 5.41) is 5.33. The molecule has 0 aliphatic carbocycles. The number of amides is 1. The van der Waals surface area contributed by atoms with Crippen molar-refractivity contribution in [2.45, 2.75) is 13.1 Å². The normalized spacial score (nSPS) is 11.6. The number of fused-ring (bicyclic) bond motifs is 1. The average Bonchev–Trinajstić information content (AvgIpc) is 3.32. The molecule has 0 aliphatic rings. The first-order valence-corrected chi connectivity index (χ1v) is 12.7. The Kier molecular flexibility index (Phi) is 7.63. The third kappa shape index (κ3) is 6.00. The highest BCUT2D eigenvalue weighted by atomic mass is 35.5. The van der Waals surface area contributed by atoms with E-state index in [1.165, 1.54) is 18.3 Å². The largest absolute Gasteiger partial charge is 0.422 e. The Balaban J connectivity index is 1.39. The van der Waals surface area contributed by atoms with Gasteiger partial charge in [-0.1, -0.05) is 59.6 Å². The number of aryl methyl sites for hydroxylation is 1. The molecule has 0 radical (unpaired) electrons. The van der Waals surface area contributed by atoms with Crippen molar-refractivity contribution in [2.75, 3.05) is 0 Å². The number of nitrogens with zero attached hydrogens (tertiary/aromatic N) is 1. The Morgan fingerprint density at radius 1 is 0.951 bits per heavy atom. The molecule has 1 amide bonds. The summed E-state index contributed by atoms with van der Waals surface area (Å²) in [4.78, 5) is 29.0. The first-order chi connectivity index (χ1) is 19.6. The van der Waals surface area contributed by atoms with Gasteiger partial charge in [0.2, 0.25) is 0 Å². The molecule has 6 nitrogen and oxygen atoms in total. The first kappa shape index (κ1) is 27.7. The molecule has 0 unspecified atom stereocenters. The van der Waals surface area contributed by atoms with Gasteiger partial charge in [0.1, 0.15) is 11.4 Å². The van der Waals surface area contributed by atoms with Crippen molar-refractivity contribution >= 4 is 40.6 Å². The summed E-state index contributed by atoms with van der Waals surface area (Å²) in [5.74, 6) is -1.46. The van der Waals surface area contributed by atoms with Gasteiger partial charge in [0.15, 0.2) is 0 Å². The fourth-order valence-electron chi connectivity index (χ4n) is 4.30. The van der Waals surface area contributed by atoms with E-state index < -0.39 is 23.6 Å². The van der Waals surface area contributed by atoms with Crippen LogP contribution in [0.5, 0.6) is 5.75 Å². The van der Waals surface area contributed by atoms with Crippen molar-refractivity contribution in [1.82, 2.24) is 10.4 Å². The molecular formula is C31H21ClF3N3O3. The SMILES string of the molecule is Cc1ccc2[nH]c(C(=O)NN=Cc3ccccc3OC(=O)c3cccc(C(F)(F)F)c3)c(-c3ccccc3Cl)c2c1. The number of carbonyl (C=O) groups is 2. The fourth-order valence-corrected chi connectivity index (χ4v) is 4.53. The summed E-state index contributed by atoms with van der Waals surface area (Å²) in [5.41, 5.74) is 4.86. The number of ether oxygens (including phenoxy) is 1. The van der Waals surface area contributed by atoms with Crippen LogP contribution in [0.25, 0.3) is 22.0 Å². The molecule has 0 atom stereocenters. The molecule has 1 aromatic heterocycles. The quantitative estimate of drug-likeness (QED) is 0.0938. The maximum absolute atomic E-state index is 13.3. The van der Waals surface area contributed by atoms with Crippen molar-refractivity contribution in [3.63, 3.8) is 0 Å². The summed E-state index contributed by atoms with van der Waals surface area (Å²) in [6.45, 7) is 1.95. The van der Waals surface area contributed by atoms with E-state index in [2.05, 4.69) is 15.5 Å². The molecular weight excluding hydrogens is 555 g/mol. The molecule has 5 rings (SSSR count). The van der Waals surface area contributed by atoms with E-state index in [1.54, 1.807) is 30.3 Å². The van der Waals surface area contributed by atoms with Gasteiger partial charge >= 0.3 is 12.1 Å². The Morgan fingerprint density at radius 2 is 1.71 bits per heavy atom. The summed E-state index contributed by atoms with van der Waals surface area (Å²) in [6, 6.07) is 23.2. The number of benzene rings is 4. The van der Waals surface area contributed by atoms with Gasteiger partial charge in [-0.25, -0.2) is 10.2 Å². The van der Waals surface area contributed by atoms with Gasteiger partial charge in [-0.05, 0) is 55.5 Å². The second-order valence-electron chi connectivity index (χ2n) is 9.11. The van der Waals surface area contributed by atoms with Gasteiger partial charge in [0.05, 0.1) is 17.3 Å². The van der Waals surface area contributed by atoms with Crippen LogP contribution in [0.4, 0.5) is 13.2 Å². The highest BCUT2D eigenvalue weighted by Crippen LogP contribution is 2.37. The van der Waals surface area contributed by atoms with Crippen LogP contribution in [0.1, 0.15) is 37.5 Å². The van der Waals surface area contributed by atoms with Gasteiger partial charge in [-0.15, -0.1) is 0 Å². The summed E-state index contributed by atoms with van der Waals surface area (Å²) in [6.07, 6.45) is -3.33. The predicted octanol–water partition coefficient (Wildman–Crippen LogP) is 7.80. The second-order valence-corrected chi connectivity index (χ2v) is 9.52. The van der Waals surface area contributed by atoms with Crippen molar-refractivity contribution in [1.29, 1.82) is 0 Å². The minimum Gasteiger partial charge on any atom is -0.422 e. The number of carbonyl (C=O) groups excluding carboxylic acids is 2. The van der Waals surface area contributed by atoms with E-state index in [4.69, 9.17) is 16.3 Å². The monoisotopic (exact) mass is 575 g/mol. The van der Waals surface area contributed by atoms with E-state index in [0.29, 0.717) is 21.7 Å². The molecule has 1 heterocycles. The van der Waals surface area contributed by atoms with Gasteiger partial charge in [-0.3, -0.25) is 4.79 Å². The topological polar surface area (TPSA) is 83.6 Å². The lowest BCUT2D eigenvalue weighted by Gasteiger charge is -2.10. The molecule has 206 valence electrons. The smallest absolute Gasteiger partial charge is 0.416 e. The highest BCUT2D eigenvalue weighted by Gasteiger charge is 2.31. The number of aromatic nitrogens is 1. The number of esters is 1. The molecule has 41 heavy (non-hydrogen) atoms. The molecule has 0 bridgehead atoms. The van der Waals surface area contributed by atoms with E-state index >= 15 is 0 Å². The third-order valence-electron chi connectivity index (χ3n) is 6.24. The number of nitrogens with one attached hydrogen (secondary N) is 2. The number of hydrogen-bond acceptors (Lipinski definition) is 4. The lowest BCUT2D eigenvalue weighted by atomic mass is 10.0. The van der Waals surface area contributed by atoms with Crippen molar-refractivity contribution < 1.29 is 27.5 Å². The number of hydrogen-bond donors (Lipinski definition) is 2. The number of alkyl halides is 3. The van der Waals surface area contributed by atoms with Crippen LogP contribution in [0.15, 0.2) is 96.1 Å². The standard InChI is InChI=1S/C31H21ClF3N3O3/c1-18-13-14-25-23(15-18)27(22-10-3-4-11-24(22)32)28(37-25)29(39)38-36-17-20-7-2-5-12-26(20)41-30(40)19-8-6-9-21(16-19)31(33,34)35/h2-17,37H,1H3,(H,38,39). The Morgan fingerprint density at radius 3 is 2.49 bits per heavy atom. The van der Waals surface area contributed by atoms with Gasteiger partial charge in [-0.2, -0.15) is 18.3 Å². The number of rotatable bonds is 6. The zero-order valence-corrected chi connectivity index (χ0v) is 22.2. The van der Waals surface area contributed by atoms with E-state index in [1.807, 2.05) is 37.3 Å². The van der Waals surface area contributed by atoms with E-state index in [0.717, 1.165) is 34.7 Å². The molecule has 5 aromatic rings. The maximum Gasteiger partial charge on any atom is 0.416 e. The van der Waals surface area contributed by atoms with Crippen LogP contribution in [0, 0.1) is 6.92 Å². The first-order valence-electron chi connectivity index (χ1n) is 12.3. The van der Waals surface area contributed by atoms with Crippen LogP contribution in [0.2, 0.25) is 5.02 Å². The maximum atomic E-state index is 13.3. The molecule has 0 aliphatic heterocycles. The van der Waals surface area contributed by atoms with Gasteiger partial charge < -0.3 is 9.72 Å². The summed E-state index contributed by atoms with van der Waals surface area (Å²) >= 11 is 6.48. The zero-order chi connectivity index (χ0) is 29.1. The van der Waals surface area contributed by atoms with E-state index in [-0.39, 0.29) is 17.0 Å². The van der Waals surface area contributed by atoms with Crippen LogP contribution in [-0.2, 0) is 6.18 Å². The van der Waals surface area contributed by atoms with Crippen LogP contribution in [0.3, 0.4) is 0 Å². The minimum absolute atomic E-state index is 0.0470. The van der Waals surface area contributed by atoms with Crippen molar-refractivity contribution in [2.24, 2.45) is 5.10 Å². The minimum atomic E-state index is -4.60. The van der Waals surface area contributed by atoms with Crippen LogP contribution >= 0.6 is 11.6 Å². The predicted molar refractivity (Wildman–Crippen MR) is 151 cm³/mol. The summed E-state index contributed by atoms with van der Waals surface area (Å²) < 4.78 is 44.5. The summed E-state index contributed by atoms with van der Waals surface area (Å²) in [7, 11) is 0. The zero-order valence-electron chi connectivity index (χ0n) is 21.4. The molecule has 0 spiro atoms. The molecule has 10 heteroatoms. The average molecular weight is 576 g/mol. The molecule has 0 saturated carbocycles. The van der Waals surface area contributed by atoms with Crippen molar-refractivity contribution in [3.8, 4) is 16.9 Å². The Hall–Kier alpha value is -4.89. The van der Waals surface area contributed by atoms with E-state index in [9.17, 15) is 22.8 Å². The molecule has 2 N–H and O–H groups in total. The lowest BCUT2D eigenvalue weighted by molar-refractivity contribution is -0.137. The fraction of sp³-hybridized carbons (Fsp3) is 0.0645. The lowest BCUT2D eigenvalue weighted by Crippen LogP contribution is -2.19. The van der Waals surface area contributed by atoms with Crippen LogP contribution < -0.4 is 10.2 Å². The van der Waals surface area contributed by atoms with Gasteiger partial charge in [0.25, 0.3) is 5.91 Å². The number of para-hydroxylation sites is 1. The van der Waals surface area contributed by atoms with Gasteiger partial charge in [0, 0.05) is 32.6 Å². The number of H-pyrrole nitrogens is 1. The molecule has 4 aromatic carbocycles. The second kappa shape index (κ2) is 11.3. The van der Waals surface area contributed by atoms with Crippen LogP contribution in [-0.4, -0.2) is 23.1 Å². The molecule has 0 fully saturated rings. The van der Waals surface area contributed by atoms with Crippen molar-refractivity contribution in [3.05, 3.63) is 124 Å². The Bertz CT molecular complexity index is 1810.